The van der Waals surface area contributed by atoms with E-state index in [-0.39, 0.29) is 5.75 Å². The van der Waals surface area contributed by atoms with Crippen LogP contribution in [0.25, 0.3) is 0 Å². The van der Waals surface area contributed by atoms with Gasteiger partial charge in [0.1, 0.15) is 9.84 Å². The van der Waals surface area contributed by atoms with Gasteiger partial charge in [0.2, 0.25) is 0 Å². The van der Waals surface area contributed by atoms with Crippen LogP contribution in [0.15, 0.2) is 24.3 Å². The maximum atomic E-state index is 11.0. The Balaban J connectivity index is 1.72. The van der Waals surface area contributed by atoms with Gasteiger partial charge in [-0.15, -0.1) is 0 Å². The minimum atomic E-state index is -2.84. The summed E-state index contributed by atoms with van der Waals surface area (Å²) in [6, 6.07) is 9.19. The van der Waals surface area contributed by atoms with E-state index in [4.69, 9.17) is 0 Å². The van der Waals surface area contributed by atoms with Crippen LogP contribution in [-0.4, -0.2) is 33.0 Å². The van der Waals surface area contributed by atoms with Gasteiger partial charge >= 0.3 is 0 Å². The summed E-state index contributed by atoms with van der Waals surface area (Å²) in [5.41, 5.74) is 2.70. The third-order valence-corrected chi connectivity index (χ3v) is 4.54. The van der Waals surface area contributed by atoms with Crippen LogP contribution in [0.1, 0.15) is 29.9 Å². The Kier molecular flexibility index (Phi) is 4.07. The largest absolute Gasteiger partial charge is 0.313 e. The molecule has 0 aliphatic heterocycles. The quantitative estimate of drug-likeness (QED) is 0.886. The first-order chi connectivity index (χ1) is 8.44. The zero-order chi connectivity index (χ0) is 13.2. The first kappa shape index (κ1) is 13.6. The predicted octanol–water partition coefficient (Wildman–Crippen LogP) is 1.88. The molecule has 0 amide bonds. The van der Waals surface area contributed by atoms with E-state index in [2.05, 4.69) is 36.5 Å². The monoisotopic (exact) mass is 267 g/mol. The summed E-state index contributed by atoms with van der Waals surface area (Å²) in [4.78, 5) is 0. The summed E-state index contributed by atoms with van der Waals surface area (Å²) < 4.78 is 22.0. The highest BCUT2D eigenvalue weighted by atomic mass is 32.2. The normalized spacial score (nSPS) is 23.7. The number of hydrogen-bond acceptors (Lipinski definition) is 3. The van der Waals surface area contributed by atoms with Gasteiger partial charge in [0, 0.05) is 18.8 Å². The Labute approximate surface area is 110 Å². The van der Waals surface area contributed by atoms with Crippen molar-refractivity contribution in [3.05, 3.63) is 35.4 Å². The molecule has 0 atom stereocenters. The van der Waals surface area contributed by atoms with Crippen LogP contribution >= 0.6 is 0 Å². The Bertz CT molecular complexity index is 487. The average Bonchev–Trinajstić information content (AvgIpc) is 2.22. The molecule has 100 valence electrons. The molecule has 1 saturated carbocycles. The highest BCUT2D eigenvalue weighted by Gasteiger charge is 2.29. The summed E-state index contributed by atoms with van der Waals surface area (Å²) >= 11 is 0. The molecule has 0 unspecified atom stereocenters. The number of aryl methyl sites for hydroxylation is 1. The minimum Gasteiger partial charge on any atom is -0.313 e. The second-order valence-electron chi connectivity index (χ2n) is 5.36. The molecule has 0 spiro atoms. The zero-order valence-electron chi connectivity index (χ0n) is 11.0. The fourth-order valence-electron chi connectivity index (χ4n) is 2.34. The predicted molar refractivity (Wildman–Crippen MR) is 74.7 cm³/mol. The molecule has 0 heterocycles. The highest BCUT2D eigenvalue weighted by Crippen LogP contribution is 2.36. The summed E-state index contributed by atoms with van der Waals surface area (Å²) in [6.07, 6.45) is 3.52. The lowest BCUT2D eigenvalue weighted by atomic mass is 9.76. The van der Waals surface area contributed by atoms with E-state index in [0.717, 1.165) is 12.8 Å². The molecule has 0 aromatic heterocycles. The van der Waals surface area contributed by atoms with Gasteiger partial charge in [-0.05, 0) is 31.2 Å². The van der Waals surface area contributed by atoms with Crippen molar-refractivity contribution in [2.45, 2.75) is 31.7 Å². The van der Waals surface area contributed by atoms with Gasteiger partial charge in [-0.25, -0.2) is 8.42 Å². The lowest BCUT2D eigenvalue weighted by Crippen LogP contribution is -2.41. The molecule has 0 saturated heterocycles. The van der Waals surface area contributed by atoms with Crippen LogP contribution in [0.3, 0.4) is 0 Å². The number of nitrogens with one attached hydrogen (secondary N) is 1. The highest BCUT2D eigenvalue weighted by molar-refractivity contribution is 7.90. The summed E-state index contributed by atoms with van der Waals surface area (Å²) in [6.45, 7) is 2.67. The number of benzene rings is 1. The van der Waals surface area contributed by atoms with E-state index < -0.39 is 9.84 Å². The fraction of sp³-hybridized carbons (Fsp3) is 0.571. The lowest BCUT2D eigenvalue weighted by Gasteiger charge is -2.36. The molecule has 1 aromatic carbocycles. The van der Waals surface area contributed by atoms with Crippen molar-refractivity contribution in [1.82, 2.24) is 5.32 Å². The molecule has 18 heavy (non-hydrogen) atoms. The molecule has 1 aromatic rings. The Morgan fingerprint density at radius 3 is 2.39 bits per heavy atom. The van der Waals surface area contributed by atoms with E-state index in [1.54, 1.807) is 0 Å². The van der Waals surface area contributed by atoms with Crippen molar-refractivity contribution >= 4 is 9.84 Å². The molecule has 1 N–H and O–H groups in total. The maximum Gasteiger partial charge on any atom is 0.148 e. The molecule has 1 fully saturated rings. The van der Waals surface area contributed by atoms with Gasteiger partial charge in [0.05, 0.1) is 5.75 Å². The second-order valence-corrected chi connectivity index (χ2v) is 7.62. The fourth-order valence-corrected chi connectivity index (χ4v) is 2.83. The van der Waals surface area contributed by atoms with Crippen molar-refractivity contribution in [2.24, 2.45) is 0 Å². The molecule has 3 nitrogen and oxygen atoms in total. The van der Waals surface area contributed by atoms with E-state index in [1.165, 1.54) is 17.4 Å². The zero-order valence-corrected chi connectivity index (χ0v) is 11.8. The molecule has 4 heteroatoms. The van der Waals surface area contributed by atoms with Gasteiger partial charge in [0.25, 0.3) is 0 Å². The third-order valence-electron chi connectivity index (χ3n) is 3.59. The second kappa shape index (κ2) is 5.41. The van der Waals surface area contributed by atoms with Gasteiger partial charge in [-0.1, -0.05) is 29.8 Å². The van der Waals surface area contributed by atoms with Crippen molar-refractivity contribution in [3.8, 4) is 0 Å². The smallest absolute Gasteiger partial charge is 0.148 e. The van der Waals surface area contributed by atoms with E-state index in [1.807, 2.05) is 0 Å². The summed E-state index contributed by atoms with van der Waals surface area (Å²) in [7, 11) is -2.84. The first-order valence-electron chi connectivity index (χ1n) is 6.42. The SMILES string of the molecule is Cc1ccc(C2CC(NCCS(C)(=O)=O)C2)cc1. The summed E-state index contributed by atoms with van der Waals surface area (Å²) in [5, 5.41) is 3.31. The molecule has 1 aliphatic carbocycles. The number of rotatable bonds is 5. The number of hydrogen-bond donors (Lipinski definition) is 1. The van der Waals surface area contributed by atoms with E-state index in [0.29, 0.717) is 18.5 Å². The van der Waals surface area contributed by atoms with Crippen LogP contribution in [-0.2, 0) is 9.84 Å². The van der Waals surface area contributed by atoms with Gasteiger partial charge in [0.15, 0.2) is 0 Å². The average molecular weight is 267 g/mol. The third kappa shape index (κ3) is 3.82. The molecular formula is C14H21NO2S. The molecule has 2 rings (SSSR count). The Morgan fingerprint density at radius 1 is 1.22 bits per heavy atom. The van der Waals surface area contributed by atoms with Crippen molar-refractivity contribution in [3.63, 3.8) is 0 Å². The van der Waals surface area contributed by atoms with Crippen LogP contribution in [0.5, 0.6) is 0 Å². The lowest BCUT2D eigenvalue weighted by molar-refractivity contribution is 0.296. The summed E-state index contributed by atoms with van der Waals surface area (Å²) in [5.74, 6) is 0.875. The van der Waals surface area contributed by atoms with Crippen LogP contribution in [0.2, 0.25) is 0 Å². The number of sulfone groups is 1. The van der Waals surface area contributed by atoms with Crippen LogP contribution < -0.4 is 5.32 Å². The van der Waals surface area contributed by atoms with Crippen LogP contribution in [0, 0.1) is 6.92 Å². The first-order valence-corrected chi connectivity index (χ1v) is 8.48. The molecular weight excluding hydrogens is 246 g/mol. The Morgan fingerprint density at radius 2 is 1.83 bits per heavy atom. The van der Waals surface area contributed by atoms with Crippen molar-refractivity contribution < 1.29 is 8.42 Å². The molecule has 0 bridgehead atoms. The molecule has 0 radical (unpaired) electrons. The topological polar surface area (TPSA) is 46.2 Å². The van der Waals surface area contributed by atoms with Gasteiger partial charge < -0.3 is 5.32 Å². The minimum absolute atomic E-state index is 0.235. The van der Waals surface area contributed by atoms with Crippen LogP contribution in [0.4, 0.5) is 0 Å². The standard InChI is InChI=1S/C14H21NO2S/c1-11-3-5-12(6-4-11)13-9-14(10-13)15-7-8-18(2,16)17/h3-6,13-15H,7-10H2,1-2H3. The van der Waals surface area contributed by atoms with E-state index in [9.17, 15) is 8.42 Å². The maximum absolute atomic E-state index is 11.0. The molecule has 1 aliphatic rings. The van der Waals surface area contributed by atoms with Crippen molar-refractivity contribution in [2.75, 3.05) is 18.6 Å². The Hall–Kier alpha value is -0.870. The van der Waals surface area contributed by atoms with E-state index >= 15 is 0 Å². The van der Waals surface area contributed by atoms with Gasteiger partial charge in [-0.3, -0.25) is 0 Å². The van der Waals surface area contributed by atoms with Gasteiger partial charge in [-0.2, -0.15) is 0 Å². The van der Waals surface area contributed by atoms with Crippen molar-refractivity contribution in [1.29, 1.82) is 0 Å².